The minimum Gasteiger partial charge on any atom is -0.360 e. The number of nitrogens with zero attached hydrogens (tertiary/aromatic N) is 3. The van der Waals surface area contributed by atoms with Crippen LogP contribution in [0, 0.1) is 21.4 Å². The van der Waals surface area contributed by atoms with Crippen molar-refractivity contribution in [3.05, 3.63) is 80.3 Å². The van der Waals surface area contributed by atoms with Crippen LogP contribution in [0.5, 0.6) is 0 Å². The second-order valence-electron chi connectivity index (χ2n) is 5.16. The van der Waals surface area contributed by atoms with E-state index in [1.807, 2.05) is 5.38 Å². The standard InChI is InChI=1S/C18H11ClN4O2S/c19-14-3-5-15(6-4-14)21-10-13(9-20)18-22-17(11-26-18)12-1-7-16(8-2-12)23(24)25/h1-8,10-11,21H. The Labute approximate surface area is 158 Å². The number of allylic oxidation sites excluding steroid dienone is 1. The highest BCUT2D eigenvalue weighted by Gasteiger charge is 2.11. The summed E-state index contributed by atoms with van der Waals surface area (Å²) in [6, 6.07) is 15.4. The molecule has 0 aliphatic carbocycles. The van der Waals surface area contributed by atoms with Gasteiger partial charge >= 0.3 is 0 Å². The van der Waals surface area contributed by atoms with Crippen molar-refractivity contribution in [2.45, 2.75) is 0 Å². The molecule has 0 radical (unpaired) electrons. The van der Waals surface area contributed by atoms with E-state index in [2.05, 4.69) is 16.4 Å². The van der Waals surface area contributed by atoms with Gasteiger partial charge in [-0.15, -0.1) is 11.3 Å². The van der Waals surface area contributed by atoms with Crippen LogP contribution in [0.4, 0.5) is 11.4 Å². The summed E-state index contributed by atoms with van der Waals surface area (Å²) in [6.45, 7) is 0. The van der Waals surface area contributed by atoms with Crippen molar-refractivity contribution in [1.82, 2.24) is 4.98 Å². The Hall–Kier alpha value is -3.21. The third-order valence-electron chi connectivity index (χ3n) is 3.46. The lowest BCUT2D eigenvalue weighted by atomic mass is 10.1. The first-order chi connectivity index (χ1) is 12.6. The molecule has 0 saturated carbocycles. The quantitative estimate of drug-likeness (QED) is 0.365. The van der Waals surface area contributed by atoms with E-state index in [0.717, 1.165) is 11.3 Å². The molecule has 26 heavy (non-hydrogen) atoms. The van der Waals surface area contributed by atoms with E-state index in [4.69, 9.17) is 11.6 Å². The normalized spacial score (nSPS) is 11.0. The number of hydrogen-bond donors (Lipinski definition) is 1. The van der Waals surface area contributed by atoms with E-state index >= 15 is 0 Å². The highest BCUT2D eigenvalue weighted by molar-refractivity contribution is 7.11. The highest BCUT2D eigenvalue weighted by atomic mass is 35.5. The summed E-state index contributed by atoms with van der Waals surface area (Å²) in [7, 11) is 0. The van der Waals surface area contributed by atoms with Gasteiger partial charge in [-0.1, -0.05) is 11.6 Å². The number of nitrogens with one attached hydrogen (secondary N) is 1. The van der Waals surface area contributed by atoms with Crippen LogP contribution in [0.1, 0.15) is 5.01 Å². The molecular weight excluding hydrogens is 372 g/mol. The Morgan fingerprint density at radius 1 is 1.23 bits per heavy atom. The zero-order valence-electron chi connectivity index (χ0n) is 13.2. The van der Waals surface area contributed by atoms with E-state index in [9.17, 15) is 15.4 Å². The molecular formula is C18H11ClN4O2S. The number of hydrogen-bond acceptors (Lipinski definition) is 6. The van der Waals surface area contributed by atoms with E-state index < -0.39 is 4.92 Å². The zero-order valence-corrected chi connectivity index (χ0v) is 14.8. The summed E-state index contributed by atoms with van der Waals surface area (Å²) in [6.07, 6.45) is 1.59. The molecule has 1 N–H and O–H groups in total. The summed E-state index contributed by atoms with van der Waals surface area (Å²) < 4.78 is 0. The van der Waals surface area contributed by atoms with E-state index in [1.165, 1.54) is 23.5 Å². The fourth-order valence-electron chi connectivity index (χ4n) is 2.13. The average Bonchev–Trinajstić information content (AvgIpc) is 3.14. The van der Waals surface area contributed by atoms with Gasteiger partial charge in [0.25, 0.3) is 5.69 Å². The molecule has 3 rings (SSSR count). The molecule has 0 unspecified atom stereocenters. The van der Waals surface area contributed by atoms with Crippen molar-refractivity contribution >= 4 is 39.9 Å². The number of non-ortho nitro benzene ring substituents is 1. The first-order valence-corrected chi connectivity index (χ1v) is 8.65. The summed E-state index contributed by atoms with van der Waals surface area (Å²) in [5, 5.41) is 26.2. The molecule has 0 atom stereocenters. The lowest BCUT2D eigenvalue weighted by Gasteiger charge is -2.01. The van der Waals surface area contributed by atoms with E-state index in [1.54, 1.807) is 42.6 Å². The Morgan fingerprint density at radius 2 is 1.92 bits per heavy atom. The summed E-state index contributed by atoms with van der Waals surface area (Å²) in [5.41, 5.74) is 2.62. The molecule has 0 amide bonds. The second kappa shape index (κ2) is 7.78. The van der Waals surface area contributed by atoms with Crippen LogP contribution >= 0.6 is 22.9 Å². The van der Waals surface area contributed by atoms with Crippen molar-refractivity contribution in [2.24, 2.45) is 0 Å². The number of nitro groups is 1. The second-order valence-corrected chi connectivity index (χ2v) is 6.46. The number of nitriles is 1. The maximum atomic E-state index is 10.7. The summed E-state index contributed by atoms with van der Waals surface area (Å²) in [5.74, 6) is 0. The van der Waals surface area contributed by atoms with Crippen molar-refractivity contribution in [3.63, 3.8) is 0 Å². The van der Waals surface area contributed by atoms with Gasteiger partial charge in [-0.2, -0.15) is 5.26 Å². The van der Waals surface area contributed by atoms with Gasteiger partial charge in [-0.25, -0.2) is 4.98 Å². The number of nitro benzene ring substituents is 1. The number of anilines is 1. The van der Waals surface area contributed by atoms with Crippen LogP contribution in [-0.2, 0) is 0 Å². The molecule has 128 valence electrons. The largest absolute Gasteiger partial charge is 0.360 e. The SMILES string of the molecule is N#CC(=CNc1ccc(Cl)cc1)c1nc(-c2ccc([N+](=O)[O-])cc2)cs1. The maximum absolute atomic E-state index is 10.7. The molecule has 1 aromatic heterocycles. The summed E-state index contributed by atoms with van der Waals surface area (Å²) >= 11 is 7.17. The lowest BCUT2D eigenvalue weighted by molar-refractivity contribution is -0.384. The Morgan fingerprint density at radius 3 is 2.54 bits per heavy atom. The first kappa shape index (κ1) is 17.6. The highest BCUT2D eigenvalue weighted by Crippen LogP contribution is 2.27. The van der Waals surface area contributed by atoms with Crippen molar-refractivity contribution < 1.29 is 4.92 Å². The van der Waals surface area contributed by atoms with E-state index in [0.29, 0.717) is 21.3 Å². The first-order valence-electron chi connectivity index (χ1n) is 7.40. The summed E-state index contributed by atoms with van der Waals surface area (Å²) in [4.78, 5) is 14.7. The number of thiazole rings is 1. The number of halogens is 1. The van der Waals surface area contributed by atoms with Gasteiger partial charge < -0.3 is 5.32 Å². The lowest BCUT2D eigenvalue weighted by Crippen LogP contribution is -1.91. The monoisotopic (exact) mass is 382 g/mol. The molecule has 2 aromatic carbocycles. The van der Waals surface area contributed by atoms with Crippen molar-refractivity contribution in [2.75, 3.05) is 5.32 Å². The topological polar surface area (TPSA) is 91.8 Å². The van der Waals surface area contributed by atoms with Gasteiger partial charge in [-0.3, -0.25) is 10.1 Å². The van der Waals surface area contributed by atoms with Crippen molar-refractivity contribution in [1.29, 1.82) is 5.26 Å². The van der Waals surface area contributed by atoms with Crippen LogP contribution < -0.4 is 5.32 Å². The van der Waals surface area contributed by atoms with Crippen LogP contribution in [0.15, 0.2) is 60.1 Å². The molecule has 0 fully saturated rings. The van der Waals surface area contributed by atoms with Crippen LogP contribution in [0.25, 0.3) is 16.8 Å². The Kier molecular flexibility index (Phi) is 5.27. The minimum atomic E-state index is -0.449. The number of aromatic nitrogens is 1. The molecule has 0 aliphatic heterocycles. The zero-order chi connectivity index (χ0) is 18.5. The van der Waals surface area contributed by atoms with E-state index in [-0.39, 0.29) is 5.69 Å². The van der Waals surface area contributed by atoms with Gasteiger partial charge in [0.1, 0.15) is 16.6 Å². The number of rotatable bonds is 5. The molecule has 6 nitrogen and oxygen atoms in total. The Bertz CT molecular complexity index is 1000. The van der Waals surface area contributed by atoms with Crippen LogP contribution in [0.3, 0.4) is 0 Å². The predicted octanol–water partition coefficient (Wildman–Crippen LogP) is 5.35. The van der Waals surface area contributed by atoms with Gasteiger partial charge in [0, 0.05) is 40.0 Å². The van der Waals surface area contributed by atoms with Gasteiger partial charge in [0.2, 0.25) is 0 Å². The molecule has 1 heterocycles. The Balaban J connectivity index is 1.80. The third kappa shape index (κ3) is 4.06. The van der Waals surface area contributed by atoms with Crippen LogP contribution in [-0.4, -0.2) is 9.91 Å². The smallest absolute Gasteiger partial charge is 0.269 e. The van der Waals surface area contributed by atoms with Crippen LogP contribution in [0.2, 0.25) is 5.02 Å². The molecule has 0 aliphatic rings. The van der Waals surface area contributed by atoms with Gasteiger partial charge in [0.05, 0.1) is 10.6 Å². The molecule has 0 spiro atoms. The molecule has 0 saturated heterocycles. The molecule has 3 aromatic rings. The predicted molar refractivity (Wildman–Crippen MR) is 103 cm³/mol. The molecule has 0 bridgehead atoms. The fourth-order valence-corrected chi connectivity index (χ4v) is 3.05. The number of benzene rings is 2. The average molecular weight is 383 g/mol. The van der Waals surface area contributed by atoms with Gasteiger partial charge in [0.15, 0.2) is 0 Å². The fraction of sp³-hybridized carbons (Fsp3) is 0. The third-order valence-corrected chi connectivity index (χ3v) is 4.58. The van der Waals surface area contributed by atoms with Gasteiger partial charge in [-0.05, 0) is 36.4 Å². The maximum Gasteiger partial charge on any atom is 0.269 e. The van der Waals surface area contributed by atoms with Crippen molar-refractivity contribution in [3.8, 4) is 17.3 Å². The molecule has 8 heteroatoms. The minimum absolute atomic E-state index is 0.0222.